The number of rotatable bonds is 2. The van der Waals surface area contributed by atoms with E-state index in [0.29, 0.717) is 5.69 Å². The first-order valence-corrected chi connectivity index (χ1v) is 3.48. The maximum absolute atomic E-state index is 10.3. The molecule has 0 aliphatic carbocycles. The number of halogens is 1. The molecule has 0 atom stereocenters. The second kappa shape index (κ2) is 4.92. The Morgan fingerprint density at radius 2 is 1.93 bits per heavy atom. The Labute approximate surface area is 86.1 Å². The molecule has 5 N–H and O–H groups in total. The maximum atomic E-state index is 10.3. The third-order valence-corrected chi connectivity index (χ3v) is 1.51. The zero-order valence-corrected chi connectivity index (χ0v) is 7.81. The van der Waals surface area contributed by atoms with Gasteiger partial charge in [-0.25, -0.2) is 0 Å². The van der Waals surface area contributed by atoms with Crippen LogP contribution in [-0.2, 0) is 0 Å². The molecule has 0 aliphatic heterocycles. The summed E-state index contributed by atoms with van der Waals surface area (Å²) in [5.74, 6) is 0. The second-order valence-corrected chi connectivity index (χ2v) is 2.56. The number of nitro groups is 1. The smallest absolute Gasteiger partial charge is 0.488 e. The Balaban J connectivity index is 0.00000169. The number of nitro benzene ring substituents is 1. The molecule has 76 valence electrons. The van der Waals surface area contributed by atoms with Crippen molar-refractivity contribution < 1.29 is 33.1 Å². The third-order valence-electron chi connectivity index (χ3n) is 1.51. The normalized spacial score (nSPS) is 9.07. The van der Waals surface area contributed by atoms with Crippen molar-refractivity contribution in [3.8, 4) is 0 Å². The van der Waals surface area contributed by atoms with E-state index in [1.165, 1.54) is 12.1 Å². The maximum Gasteiger partial charge on any atom is 0.488 e. The molecule has 8 heteroatoms. The predicted octanol–water partition coefficient (Wildman–Crippen LogP) is -4.85. The minimum atomic E-state index is -1.71. The van der Waals surface area contributed by atoms with Crippen LogP contribution in [0.3, 0.4) is 0 Å². The Bertz CT molecular complexity index is 347. The first-order chi connectivity index (χ1) is 6.00. The highest BCUT2D eigenvalue weighted by Gasteiger charge is 2.17. The minimum Gasteiger partial charge on any atom is -1.00 e. The van der Waals surface area contributed by atoms with Crippen molar-refractivity contribution in [3.05, 3.63) is 28.3 Å². The fourth-order valence-electron chi connectivity index (χ4n) is 0.954. The van der Waals surface area contributed by atoms with Gasteiger partial charge in [0, 0.05) is 6.07 Å². The molecule has 0 aromatic heterocycles. The van der Waals surface area contributed by atoms with Crippen molar-refractivity contribution in [3.63, 3.8) is 0 Å². The van der Waals surface area contributed by atoms with Crippen molar-refractivity contribution >= 4 is 24.0 Å². The molecule has 6 nitrogen and oxygen atoms in total. The lowest BCUT2D eigenvalue weighted by Crippen LogP contribution is -3.00. The SMILES string of the molecule is [Cl-].[NH3+]c1cc(B(O)O)cc([N+](=O)[O-])c1. The highest BCUT2D eigenvalue weighted by atomic mass is 35.5. The van der Waals surface area contributed by atoms with Crippen molar-refractivity contribution in [2.75, 3.05) is 0 Å². The van der Waals surface area contributed by atoms with Gasteiger partial charge < -0.3 is 28.2 Å². The molecule has 0 aliphatic rings. The number of hydrogen-bond acceptors (Lipinski definition) is 4. The summed E-state index contributed by atoms with van der Waals surface area (Å²) < 4.78 is 0. The molecule has 0 bridgehead atoms. The summed E-state index contributed by atoms with van der Waals surface area (Å²) >= 11 is 0. The van der Waals surface area contributed by atoms with E-state index in [4.69, 9.17) is 10.0 Å². The summed E-state index contributed by atoms with van der Waals surface area (Å²) in [6.45, 7) is 0. The van der Waals surface area contributed by atoms with Crippen LogP contribution in [0, 0.1) is 10.1 Å². The van der Waals surface area contributed by atoms with E-state index >= 15 is 0 Å². The standard InChI is InChI=1S/C6H7BN2O4.ClH/c8-5-1-4(7(10)11)2-6(3-5)9(12)13;/h1-3,10-11H,8H2;1H. The predicted molar refractivity (Wildman–Crippen MR) is 45.5 cm³/mol. The summed E-state index contributed by atoms with van der Waals surface area (Å²) in [7, 11) is -1.71. The van der Waals surface area contributed by atoms with Gasteiger partial charge in [0.2, 0.25) is 0 Å². The molecular weight excluding hydrogens is 210 g/mol. The van der Waals surface area contributed by atoms with Crippen molar-refractivity contribution in [2.24, 2.45) is 0 Å². The van der Waals surface area contributed by atoms with Crippen LogP contribution in [0.1, 0.15) is 0 Å². The van der Waals surface area contributed by atoms with Gasteiger partial charge in [-0.1, -0.05) is 0 Å². The number of non-ortho nitro benzene ring substituents is 1. The largest absolute Gasteiger partial charge is 1.00 e. The van der Waals surface area contributed by atoms with Gasteiger partial charge in [0.15, 0.2) is 0 Å². The van der Waals surface area contributed by atoms with Crippen LogP contribution < -0.4 is 23.6 Å². The highest BCUT2D eigenvalue weighted by molar-refractivity contribution is 6.58. The van der Waals surface area contributed by atoms with Gasteiger partial charge in [-0.3, -0.25) is 10.1 Å². The number of hydrogen-bond donors (Lipinski definition) is 3. The van der Waals surface area contributed by atoms with Gasteiger partial charge in [0.25, 0.3) is 5.69 Å². The van der Waals surface area contributed by atoms with Gasteiger partial charge in [0.1, 0.15) is 5.69 Å². The Morgan fingerprint density at radius 1 is 1.36 bits per heavy atom. The highest BCUT2D eigenvalue weighted by Crippen LogP contribution is 2.11. The number of benzene rings is 1. The second-order valence-electron chi connectivity index (χ2n) is 2.56. The summed E-state index contributed by atoms with van der Waals surface area (Å²) in [5.41, 5.74) is 3.72. The quantitative estimate of drug-likeness (QED) is 0.263. The van der Waals surface area contributed by atoms with E-state index in [0.717, 1.165) is 6.07 Å². The molecule has 1 aromatic carbocycles. The number of quaternary nitrogens is 1. The van der Waals surface area contributed by atoms with Crippen LogP contribution in [0.2, 0.25) is 0 Å². The van der Waals surface area contributed by atoms with Gasteiger partial charge in [-0.05, 0) is 11.5 Å². The zero-order chi connectivity index (χ0) is 10.0. The third kappa shape index (κ3) is 2.97. The van der Waals surface area contributed by atoms with Crippen LogP contribution in [-0.4, -0.2) is 22.1 Å². The van der Waals surface area contributed by atoms with Gasteiger partial charge in [-0.2, -0.15) is 0 Å². The van der Waals surface area contributed by atoms with Crippen LogP contribution in [0.15, 0.2) is 18.2 Å². The van der Waals surface area contributed by atoms with Gasteiger partial charge >= 0.3 is 7.12 Å². The average molecular weight is 218 g/mol. The lowest BCUT2D eigenvalue weighted by atomic mass is 9.80. The van der Waals surface area contributed by atoms with Crippen molar-refractivity contribution in [1.82, 2.24) is 0 Å². The zero-order valence-electron chi connectivity index (χ0n) is 7.05. The molecule has 0 saturated carbocycles. The van der Waals surface area contributed by atoms with E-state index < -0.39 is 12.0 Å². The first-order valence-electron chi connectivity index (χ1n) is 3.48. The fraction of sp³-hybridized carbons (Fsp3) is 0. The Kier molecular flexibility index (Phi) is 4.51. The van der Waals surface area contributed by atoms with Crippen molar-refractivity contribution in [2.45, 2.75) is 0 Å². The molecule has 0 heterocycles. The summed E-state index contributed by atoms with van der Waals surface area (Å²) in [5, 5.41) is 27.9. The van der Waals surface area contributed by atoms with E-state index in [1.807, 2.05) is 0 Å². The van der Waals surface area contributed by atoms with Gasteiger partial charge in [0.05, 0.1) is 11.0 Å². The van der Waals surface area contributed by atoms with E-state index in [2.05, 4.69) is 5.73 Å². The monoisotopic (exact) mass is 218 g/mol. The van der Waals surface area contributed by atoms with Gasteiger partial charge in [-0.15, -0.1) is 0 Å². The molecule has 1 aromatic rings. The molecule has 14 heavy (non-hydrogen) atoms. The topological polar surface area (TPSA) is 111 Å². The summed E-state index contributed by atoms with van der Waals surface area (Å²) in [6, 6.07) is 3.73. The van der Waals surface area contributed by atoms with Crippen LogP contribution >= 0.6 is 0 Å². The molecule has 0 amide bonds. The summed E-state index contributed by atoms with van der Waals surface area (Å²) in [4.78, 5) is 9.73. The Morgan fingerprint density at radius 3 is 2.36 bits per heavy atom. The molecule has 1 rings (SSSR count). The average Bonchev–Trinajstić information content (AvgIpc) is 2.03. The van der Waals surface area contributed by atoms with Crippen molar-refractivity contribution in [1.29, 1.82) is 0 Å². The first kappa shape index (κ1) is 12.9. The lowest BCUT2D eigenvalue weighted by molar-refractivity contribution is -0.385. The van der Waals surface area contributed by atoms with Crippen LogP contribution in [0.5, 0.6) is 0 Å². The lowest BCUT2D eigenvalue weighted by Gasteiger charge is -1.98. The van der Waals surface area contributed by atoms with Crippen LogP contribution in [0.4, 0.5) is 11.4 Å². The van der Waals surface area contributed by atoms with E-state index in [9.17, 15) is 10.1 Å². The number of nitrogens with zero attached hydrogens (tertiary/aromatic N) is 1. The Hall–Kier alpha value is -1.15. The molecule has 0 fully saturated rings. The molecule has 0 unspecified atom stereocenters. The fourth-order valence-corrected chi connectivity index (χ4v) is 0.954. The molecular formula is C6H8BClN2O4. The van der Waals surface area contributed by atoms with E-state index in [1.54, 1.807) is 0 Å². The molecule has 0 radical (unpaired) electrons. The molecule has 0 saturated heterocycles. The molecule has 0 spiro atoms. The summed E-state index contributed by atoms with van der Waals surface area (Å²) in [6.07, 6.45) is 0. The van der Waals surface area contributed by atoms with Crippen LogP contribution in [0.25, 0.3) is 0 Å². The minimum absolute atomic E-state index is 0. The van der Waals surface area contributed by atoms with E-state index in [-0.39, 0.29) is 23.6 Å².